The molecule has 0 spiro atoms. The van der Waals surface area contributed by atoms with Gasteiger partial charge in [0.25, 0.3) is 5.91 Å². The molecule has 1 amide bonds. The molecule has 0 saturated carbocycles. The molecule has 2 aromatic rings. The van der Waals surface area contributed by atoms with Crippen molar-refractivity contribution in [2.24, 2.45) is 0 Å². The van der Waals surface area contributed by atoms with E-state index in [1.807, 2.05) is 28.9 Å². The number of amides is 1. The monoisotopic (exact) mass is 345 g/mol. The summed E-state index contributed by atoms with van der Waals surface area (Å²) < 4.78 is 1.91. The second-order valence-corrected chi connectivity index (χ2v) is 6.71. The molecule has 6 nitrogen and oxygen atoms in total. The van der Waals surface area contributed by atoms with E-state index in [2.05, 4.69) is 10.4 Å². The number of carboxylic acid groups (broad SMARTS) is 1. The fourth-order valence-electron chi connectivity index (χ4n) is 2.80. The maximum absolute atomic E-state index is 12.5. The maximum atomic E-state index is 12.5. The maximum Gasteiger partial charge on any atom is 0.313 e. The third-order valence-corrected chi connectivity index (χ3v) is 4.89. The second kappa shape index (κ2) is 7.53. The number of rotatable bonds is 6. The Morgan fingerprint density at radius 1 is 1.33 bits per heavy atom. The number of nitrogens with zero attached hydrogens (tertiary/aromatic N) is 2. The highest BCUT2D eigenvalue weighted by Gasteiger charge is 2.19. The van der Waals surface area contributed by atoms with E-state index < -0.39 is 5.97 Å². The summed E-state index contributed by atoms with van der Waals surface area (Å²) in [7, 11) is 0. The number of aliphatic carboxylic acids is 1. The Hall–Kier alpha value is -2.28. The van der Waals surface area contributed by atoms with Crippen molar-refractivity contribution in [2.45, 2.75) is 31.6 Å². The molecule has 0 saturated heterocycles. The lowest BCUT2D eigenvalue weighted by atomic mass is 10.1. The van der Waals surface area contributed by atoms with Crippen molar-refractivity contribution in [1.82, 2.24) is 9.78 Å². The molecule has 0 unspecified atom stereocenters. The van der Waals surface area contributed by atoms with Crippen LogP contribution < -0.4 is 5.32 Å². The van der Waals surface area contributed by atoms with Gasteiger partial charge >= 0.3 is 5.97 Å². The summed E-state index contributed by atoms with van der Waals surface area (Å²) in [5.41, 5.74) is 3.34. The van der Waals surface area contributed by atoms with Crippen molar-refractivity contribution >= 4 is 29.3 Å². The van der Waals surface area contributed by atoms with Crippen molar-refractivity contribution < 1.29 is 14.7 Å². The number of anilines is 1. The van der Waals surface area contributed by atoms with Gasteiger partial charge in [-0.05, 0) is 37.0 Å². The number of hydrogen-bond acceptors (Lipinski definition) is 4. The first-order valence-electron chi connectivity index (χ1n) is 7.88. The highest BCUT2D eigenvalue weighted by atomic mass is 32.2. The van der Waals surface area contributed by atoms with E-state index in [-0.39, 0.29) is 11.7 Å². The molecule has 1 aliphatic rings. The first-order chi connectivity index (χ1) is 11.6. The minimum atomic E-state index is -0.824. The van der Waals surface area contributed by atoms with Crippen molar-refractivity contribution in [3.63, 3.8) is 0 Å². The quantitative estimate of drug-likeness (QED) is 0.841. The van der Waals surface area contributed by atoms with Crippen molar-refractivity contribution in [3.8, 4) is 0 Å². The van der Waals surface area contributed by atoms with Crippen molar-refractivity contribution in [3.05, 3.63) is 47.3 Å². The van der Waals surface area contributed by atoms with Gasteiger partial charge < -0.3 is 10.4 Å². The van der Waals surface area contributed by atoms with Gasteiger partial charge in [0, 0.05) is 18.0 Å². The number of hydrogen-bond donors (Lipinski definition) is 2. The Morgan fingerprint density at radius 2 is 2.21 bits per heavy atom. The van der Waals surface area contributed by atoms with E-state index in [1.165, 1.54) is 11.8 Å². The number of nitrogens with one attached hydrogen (secondary N) is 1. The fraction of sp³-hybridized carbons (Fsp3) is 0.353. The number of fused-ring (bicyclic) bond motifs is 1. The molecule has 2 heterocycles. The Balaban J connectivity index is 1.66. The summed E-state index contributed by atoms with van der Waals surface area (Å²) >= 11 is 1.33. The molecule has 2 N–H and O–H groups in total. The van der Waals surface area contributed by atoms with E-state index in [9.17, 15) is 9.59 Å². The van der Waals surface area contributed by atoms with Crippen LogP contribution in [-0.4, -0.2) is 32.5 Å². The van der Waals surface area contributed by atoms with E-state index in [1.54, 1.807) is 6.20 Å². The number of benzene rings is 1. The highest BCUT2D eigenvalue weighted by Crippen LogP contribution is 2.21. The minimum absolute atomic E-state index is 0.0686. The van der Waals surface area contributed by atoms with E-state index in [4.69, 9.17) is 5.11 Å². The van der Waals surface area contributed by atoms with E-state index in [0.717, 1.165) is 37.1 Å². The molecule has 0 fully saturated rings. The Kier molecular flexibility index (Phi) is 5.20. The van der Waals surface area contributed by atoms with E-state index >= 15 is 0 Å². The zero-order valence-electron chi connectivity index (χ0n) is 13.2. The smallest absolute Gasteiger partial charge is 0.313 e. The van der Waals surface area contributed by atoms with Crippen LogP contribution >= 0.6 is 11.8 Å². The number of carboxylic acids is 1. The van der Waals surface area contributed by atoms with Gasteiger partial charge in [-0.15, -0.1) is 11.8 Å². The van der Waals surface area contributed by atoms with Crippen LogP contribution in [0.3, 0.4) is 0 Å². The zero-order chi connectivity index (χ0) is 16.9. The fourth-order valence-corrected chi connectivity index (χ4v) is 3.50. The lowest BCUT2D eigenvalue weighted by Gasteiger charge is -2.14. The Bertz CT molecular complexity index is 757. The van der Waals surface area contributed by atoms with Crippen LogP contribution in [0.5, 0.6) is 0 Å². The molecule has 7 heteroatoms. The first-order valence-corrected chi connectivity index (χ1v) is 9.03. The molecule has 0 atom stereocenters. The molecule has 24 heavy (non-hydrogen) atoms. The average molecular weight is 345 g/mol. The molecule has 3 rings (SSSR count). The van der Waals surface area contributed by atoms with Crippen molar-refractivity contribution in [2.75, 3.05) is 11.1 Å². The Labute approximate surface area is 144 Å². The van der Waals surface area contributed by atoms with Gasteiger partial charge in [-0.25, -0.2) is 0 Å². The topological polar surface area (TPSA) is 84.2 Å². The lowest BCUT2D eigenvalue weighted by Crippen LogP contribution is -2.17. The zero-order valence-corrected chi connectivity index (χ0v) is 14.0. The van der Waals surface area contributed by atoms with Crippen LogP contribution in [-0.2, 0) is 23.5 Å². The molecule has 1 aromatic heterocycles. The van der Waals surface area contributed by atoms with Crippen LogP contribution in [0.25, 0.3) is 0 Å². The summed E-state index contributed by atoms with van der Waals surface area (Å²) in [6.07, 6.45) is 4.71. The summed E-state index contributed by atoms with van der Waals surface area (Å²) in [6.45, 7) is 0.874. The molecule has 126 valence electrons. The number of aromatic nitrogens is 2. The third kappa shape index (κ3) is 3.97. The molecular weight excluding hydrogens is 326 g/mol. The van der Waals surface area contributed by atoms with Crippen LogP contribution in [0, 0.1) is 0 Å². The molecular formula is C17H19N3O3S. The van der Waals surface area contributed by atoms with Gasteiger partial charge in [0.15, 0.2) is 0 Å². The van der Waals surface area contributed by atoms with E-state index in [0.29, 0.717) is 17.0 Å². The number of carbonyl (C=O) groups excluding carboxylic acids is 1. The lowest BCUT2D eigenvalue weighted by molar-refractivity contribution is -0.133. The average Bonchev–Trinajstić information content (AvgIpc) is 2.99. The van der Waals surface area contributed by atoms with Gasteiger partial charge in [-0.2, -0.15) is 5.10 Å². The number of aryl methyl sites for hydroxylation is 1. The summed E-state index contributed by atoms with van der Waals surface area (Å²) in [4.78, 5) is 23.1. The van der Waals surface area contributed by atoms with Gasteiger partial charge in [0.2, 0.25) is 0 Å². The first kappa shape index (κ1) is 16.6. The summed E-state index contributed by atoms with van der Waals surface area (Å²) in [5, 5.41) is 15.9. The van der Waals surface area contributed by atoms with Crippen LogP contribution in [0.4, 0.5) is 5.69 Å². The molecule has 0 bridgehead atoms. The van der Waals surface area contributed by atoms with Crippen LogP contribution in [0.15, 0.2) is 30.5 Å². The predicted molar refractivity (Wildman–Crippen MR) is 93.4 cm³/mol. The second-order valence-electron chi connectivity index (χ2n) is 5.73. The van der Waals surface area contributed by atoms with Gasteiger partial charge in [0.1, 0.15) is 0 Å². The molecule has 0 aliphatic carbocycles. The number of thioether (sulfide) groups is 1. The number of carbonyl (C=O) groups is 2. The SMILES string of the molecule is O=C(O)CSCc1cccc(NC(=O)c2cnn3c2CCCC3)c1. The highest BCUT2D eigenvalue weighted by molar-refractivity contribution is 7.99. The Morgan fingerprint density at radius 3 is 3.04 bits per heavy atom. The minimum Gasteiger partial charge on any atom is -0.481 e. The normalized spacial score (nSPS) is 13.3. The van der Waals surface area contributed by atoms with Crippen LogP contribution in [0.2, 0.25) is 0 Å². The third-order valence-electron chi connectivity index (χ3n) is 3.91. The molecule has 1 aromatic carbocycles. The predicted octanol–water partition coefficient (Wildman–Crippen LogP) is 2.79. The van der Waals surface area contributed by atoms with Crippen molar-refractivity contribution in [1.29, 1.82) is 0 Å². The van der Waals surface area contributed by atoms with Gasteiger partial charge in [0.05, 0.1) is 23.2 Å². The van der Waals surface area contributed by atoms with Gasteiger partial charge in [-0.3, -0.25) is 14.3 Å². The largest absolute Gasteiger partial charge is 0.481 e. The summed E-state index contributed by atoms with van der Waals surface area (Å²) in [6, 6.07) is 7.49. The molecule has 1 aliphatic heterocycles. The molecule has 0 radical (unpaired) electrons. The standard InChI is InChI=1S/C17H19N3O3S/c21-16(22)11-24-10-12-4-3-5-13(8-12)19-17(23)14-9-18-20-7-2-1-6-15(14)20/h3-5,8-9H,1-2,6-7,10-11H2,(H,19,23)(H,21,22). The summed E-state index contributed by atoms with van der Waals surface area (Å²) in [5.74, 6) is -0.304. The van der Waals surface area contributed by atoms with Crippen LogP contribution in [0.1, 0.15) is 34.5 Å². The van der Waals surface area contributed by atoms with Gasteiger partial charge in [-0.1, -0.05) is 12.1 Å².